The molecule has 0 aliphatic rings. The van der Waals surface area contributed by atoms with Crippen molar-refractivity contribution in [1.82, 2.24) is 0 Å². The molecule has 0 amide bonds. The molecule has 0 aromatic heterocycles. The zero-order valence-electron chi connectivity index (χ0n) is 10.6. The van der Waals surface area contributed by atoms with Gasteiger partial charge in [0, 0.05) is 24.9 Å². The highest BCUT2D eigenvalue weighted by molar-refractivity contribution is 6.31. The fourth-order valence-electron chi connectivity index (χ4n) is 1.85. The first kappa shape index (κ1) is 13.8. The van der Waals surface area contributed by atoms with Crippen LogP contribution in [-0.2, 0) is 17.9 Å². The molecule has 0 heterocycles. The van der Waals surface area contributed by atoms with Crippen LogP contribution >= 0.6 is 11.6 Å². The van der Waals surface area contributed by atoms with Gasteiger partial charge in [0.1, 0.15) is 5.82 Å². The zero-order chi connectivity index (χ0) is 13.7. The summed E-state index contributed by atoms with van der Waals surface area (Å²) in [5, 5.41) is 3.42. The van der Waals surface area contributed by atoms with Gasteiger partial charge in [0.25, 0.3) is 0 Å². The van der Waals surface area contributed by atoms with Crippen molar-refractivity contribution in [2.24, 2.45) is 0 Å². The van der Waals surface area contributed by atoms with Crippen LogP contribution in [0.25, 0.3) is 0 Å². The van der Waals surface area contributed by atoms with Crippen molar-refractivity contribution < 1.29 is 9.13 Å². The van der Waals surface area contributed by atoms with E-state index in [-0.39, 0.29) is 5.02 Å². The average Bonchev–Trinajstić information content (AvgIpc) is 2.42. The molecule has 0 spiro atoms. The Morgan fingerprint density at radius 1 is 1.11 bits per heavy atom. The summed E-state index contributed by atoms with van der Waals surface area (Å²) >= 11 is 5.92. The zero-order valence-corrected chi connectivity index (χ0v) is 11.4. The molecule has 0 fully saturated rings. The van der Waals surface area contributed by atoms with E-state index < -0.39 is 5.82 Å². The van der Waals surface area contributed by atoms with Crippen molar-refractivity contribution >= 4 is 17.3 Å². The van der Waals surface area contributed by atoms with Crippen LogP contribution in [-0.4, -0.2) is 7.11 Å². The van der Waals surface area contributed by atoms with Crippen LogP contribution in [0, 0.1) is 5.82 Å². The number of benzene rings is 2. The van der Waals surface area contributed by atoms with Crippen LogP contribution in [0.2, 0.25) is 5.02 Å². The lowest BCUT2D eigenvalue weighted by atomic mass is 10.1. The fourth-order valence-corrected chi connectivity index (χ4v) is 2.04. The second-order valence-electron chi connectivity index (χ2n) is 4.16. The van der Waals surface area contributed by atoms with Crippen molar-refractivity contribution in [1.29, 1.82) is 0 Å². The number of para-hydroxylation sites is 1. The largest absolute Gasteiger partial charge is 0.381 e. The molecule has 0 aliphatic heterocycles. The Morgan fingerprint density at radius 2 is 1.84 bits per heavy atom. The number of methoxy groups -OCH3 is 1. The van der Waals surface area contributed by atoms with Gasteiger partial charge in [-0.1, -0.05) is 41.9 Å². The van der Waals surface area contributed by atoms with E-state index in [1.807, 2.05) is 24.3 Å². The van der Waals surface area contributed by atoms with E-state index in [2.05, 4.69) is 5.32 Å². The third-order valence-electron chi connectivity index (χ3n) is 2.82. The molecule has 0 radical (unpaired) electrons. The average molecular weight is 280 g/mol. The van der Waals surface area contributed by atoms with Crippen LogP contribution in [0.1, 0.15) is 11.1 Å². The van der Waals surface area contributed by atoms with Crippen LogP contribution in [0.3, 0.4) is 0 Å². The summed E-state index contributed by atoms with van der Waals surface area (Å²) in [5.41, 5.74) is 2.75. The Kier molecular flexibility index (Phi) is 4.77. The smallest absolute Gasteiger partial charge is 0.142 e. The minimum atomic E-state index is -0.397. The molecular weight excluding hydrogens is 265 g/mol. The molecule has 0 bridgehead atoms. The van der Waals surface area contributed by atoms with Gasteiger partial charge in [-0.05, 0) is 17.7 Å². The van der Waals surface area contributed by atoms with E-state index in [9.17, 15) is 4.39 Å². The van der Waals surface area contributed by atoms with E-state index in [4.69, 9.17) is 16.3 Å². The number of ether oxygens (including phenoxy) is 1. The van der Waals surface area contributed by atoms with Crippen LogP contribution in [0.15, 0.2) is 42.5 Å². The highest BCUT2D eigenvalue weighted by Crippen LogP contribution is 2.22. The summed E-state index contributed by atoms with van der Waals surface area (Å²) in [4.78, 5) is 0. The topological polar surface area (TPSA) is 21.3 Å². The van der Waals surface area contributed by atoms with Gasteiger partial charge in [0.05, 0.1) is 11.6 Å². The lowest BCUT2D eigenvalue weighted by Gasteiger charge is -2.12. The first-order valence-electron chi connectivity index (χ1n) is 5.96. The summed E-state index contributed by atoms with van der Waals surface area (Å²) in [7, 11) is 1.65. The molecule has 0 atom stereocenters. The second kappa shape index (κ2) is 6.55. The Balaban J connectivity index is 2.12. The van der Waals surface area contributed by atoms with Crippen LogP contribution < -0.4 is 5.32 Å². The van der Waals surface area contributed by atoms with E-state index in [0.29, 0.717) is 13.2 Å². The van der Waals surface area contributed by atoms with Gasteiger partial charge in [-0.25, -0.2) is 4.39 Å². The lowest BCUT2D eigenvalue weighted by Crippen LogP contribution is -2.04. The molecule has 2 aromatic rings. The Bertz CT molecular complexity index is 560. The van der Waals surface area contributed by atoms with Gasteiger partial charge in [0.2, 0.25) is 0 Å². The third kappa shape index (κ3) is 3.46. The SMILES string of the molecule is COCc1ccccc1NCc1cccc(F)c1Cl. The van der Waals surface area contributed by atoms with Gasteiger partial charge in [-0.3, -0.25) is 0 Å². The van der Waals surface area contributed by atoms with Gasteiger partial charge in [-0.15, -0.1) is 0 Å². The predicted molar refractivity (Wildman–Crippen MR) is 75.9 cm³/mol. The molecule has 4 heteroatoms. The van der Waals surface area contributed by atoms with Crippen molar-refractivity contribution in [3.63, 3.8) is 0 Å². The van der Waals surface area contributed by atoms with E-state index in [1.54, 1.807) is 19.2 Å². The maximum absolute atomic E-state index is 13.3. The number of rotatable bonds is 5. The predicted octanol–water partition coefficient (Wildman–Crippen LogP) is 4.24. The third-order valence-corrected chi connectivity index (χ3v) is 3.24. The lowest BCUT2D eigenvalue weighted by molar-refractivity contribution is 0.185. The summed E-state index contributed by atoms with van der Waals surface area (Å²) < 4.78 is 18.5. The first-order valence-corrected chi connectivity index (χ1v) is 6.33. The molecule has 0 saturated carbocycles. The monoisotopic (exact) mass is 279 g/mol. The van der Waals surface area contributed by atoms with Gasteiger partial charge >= 0.3 is 0 Å². The van der Waals surface area contributed by atoms with E-state index in [0.717, 1.165) is 16.8 Å². The Hall–Kier alpha value is -1.58. The summed E-state index contributed by atoms with van der Waals surface area (Å²) in [5.74, 6) is -0.397. The van der Waals surface area contributed by atoms with Crippen molar-refractivity contribution in [2.75, 3.05) is 12.4 Å². The fraction of sp³-hybridized carbons (Fsp3) is 0.200. The molecule has 2 aromatic carbocycles. The number of halogens is 2. The number of nitrogens with one attached hydrogen (secondary N) is 1. The highest BCUT2D eigenvalue weighted by Gasteiger charge is 2.06. The highest BCUT2D eigenvalue weighted by atomic mass is 35.5. The second-order valence-corrected chi connectivity index (χ2v) is 4.53. The maximum atomic E-state index is 13.3. The number of anilines is 1. The Morgan fingerprint density at radius 3 is 2.63 bits per heavy atom. The number of hydrogen-bond donors (Lipinski definition) is 1. The minimum absolute atomic E-state index is 0.166. The van der Waals surface area contributed by atoms with Crippen LogP contribution in [0.5, 0.6) is 0 Å². The van der Waals surface area contributed by atoms with E-state index in [1.165, 1.54) is 6.07 Å². The van der Waals surface area contributed by atoms with Gasteiger partial charge in [0.15, 0.2) is 0 Å². The van der Waals surface area contributed by atoms with Crippen LogP contribution in [0.4, 0.5) is 10.1 Å². The molecule has 1 N–H and O–H groups in total. The standard InChI is InChI=1S/C15H15ClFNO/c1-19-10-12-5-2-3-8-14(12)18-9-11-6-4-7-13(17)15(11)16/h2-8,18H,9-10H2,1H3. The van der Waals surface area contributed by atoms with Crippen molar-refractivity contribution in [3.05, 3.63) is 64.4 Å². The van der Waals surface area contributed by atoms with Crippen molar-refractivity contribution in [2.45, 2.75) is 13.2 Å². The summed E-state index contributed by atoms with van der Waals surface area (Å²) in [6, 6.07) is 12.6. The summed E-state index contributed by atoms with van der Waals surface area (Å²) in [6.45, 7) is 0.997. The van der Waals surface area contributed by atoms with E-state index >= 15 is 0 Å². The molecule has 2 nitrogen and oxygen atoms in total. The minimum Gasteiger partial charge on any atom is -0.381 e. The number of hydrogen-bond acceptors (Lipinski definition) is 2. The first-order chi connectivity index (χ1) is 9.22. The Labute approximate surface area is 117 Å². The molecule has 0 unspecified atom stereocenters. The van der Waals surface area contributed by atoms with Crippen molar-refractivity contribution in [3.8, 4) is 0 Å². The normalized spacial score (nSPS) is 10.5. The van der Waals surface area contributed by atoms with Gasteiger partial charge < -0.3 is 10.1 Å². The molecule has 0 aliphatic carbocycles. The molecule has 2 rings (SSSR count). The molecule has 0 saturated heterocycles. The summed E-state index contributed by atoms with van der Waals surface area (Å²) in [6.07, 6.45) is 0. The molecule has 19 heavy (non-hydrogen) atoms. The molecular formula is C15H15ClFNO. The van der Waals surface area contributed by atoms with Gasteiger partial charge in [-0.2, -0.15) is 0 Å². The maximum Gasteiger partial charge on any atom is 0.142 e. The molecule has 100 valence electrons. The quantitative estimate of drug-likeness (QED) is 0.884.